The number of rotatable bonds is 6. The van der Waals surface area contributed by atoms with E-state index in [1.807, 2.05) is 6.07 Å². The van der Waals surface area contributed by atoms with Crippen LogP contribution in [0.2, 0.25) is 0 Å². The second-order valence-electron chi connectivity index (χ2n) is 4.31. The molecule has 17 heavy (non-hydrogen) atoms. The van der Waals surface area contributed by atoms with Gasteiger partial charge in [0.25, 0.3) is 0 Å². The van der Waals surface area contributed by atoms with E-state index in [0.717, 1.165) is 18.7 Å². The van der Waals surface area contributed by atoms with Gasteiger partial charge in [0.15, 0.2) is 0 Å². The molecule has 1 aromatic rings. The number of ketones is 1. The van der Waals surface area contributed by atoms with Gasteiger partial charge < -0.3 is 10.1 Å². The fraction of sp³-hybridized carbons (Fsp3) is 0.500. The second-order valence-corrected chi connectivity index (χ2v) is 4.31. The van der Waals surface area contributed by atoms with Crippen LogP contribution in [0.25, 0.3) is 0 Å². The number of ether oxygens (including phenoxy) is 1. The largest absolute Gasteiger partial charge is 0.496 e. The smallest absolute Gasteiger partial charge is 0.143 e. The lowest BCUT2D eigenvalue weighted by Gasteiger charge is -2.12. The molecule has 1 rings (SSSR count). The first-order valence-electron chi connectivity index (χ1n) is 5.89. The number of hydrogen-bond donors (Lipinski definition) is 1. The number of methoxy groups -OCH3 is 1. The first-order chi connectivity index (χ1) is 8.06. The van der Waals surface area contributed by atoms with Crippen molar-refractivity contribution >= 4 is 5.78 Å². The Morgan fingerprint density at radius 3 is 2.59 bits per heavy atom. The summed E-state index contributed by atoms with van der Waals surface area (Å²) in [7, 11) is 1.69. The minimum atomic E-state index is 0.174. The molecule has 0 aliphatic rings. The van der Waals surface area contributed by atoms with E-state index in [4.69, 9.17) is 4.74 Å². The number of Topliss-reactive ketones (excluding diaryl/α,β-unsaturated/α-hetero) is 1. The summed E-state index contributed by atoms with van der Waals surface area (Å²) in [6, 6.07) is 4.10. The Hall–Kier alpha value is -1.35. The average molecular weight is 235 g/mol. The van der Waals surface area contributed by atoms with Crippen molar-refractivity contribution in [3.63, 3.8) is 0 Å². The Labute approximate surface area is 103 Å². The summed E-state index contributed by atoms with van der Waals surface area (Å²) < 4.78 is 5.28. The van der Waals surface area contributed by atoms with Crippen LogP contribution in [0.1, 0.15) is 23.6 Å². The van der Waals surface area contributed by atoms with E-state index in [-0.39, 0.29) is 5.78 Å². The number of hydrogen-bond acceptors (Lipinski definition) is 3. The maximum absolute atomic E-state index is 10.8. The Morgan fingerprint density at radius 2 is 2.00 bits per heavy atom. The van der Waals surface area contributed by atoms with Crippen molar-refractivity contribution in [2.75, 3.05) is 20.2 Å². The van der Waals surface area contributed by atoms with Crippen LogP contribution in [0, 0.1) is 13.8 Å². The van der Waals surface area contributed by atoms with Crippen LogP contribution in [0.4, 0.5) is 0 Å². The van der Waals surface area contributed by atoms with Gasteiger partial charge in [0.05, 0.1) is 13.7 Å². The van der Waals surface area contributed by atoms with E-state index in [9.17, 15) is 4.79 Å². The minimum absolute atomic E-state index is 0.174. The van der Waals surface area contributed by atoms with Crippen LogP contribution in [0.5, 0.6) is 5.75 Å². The summed E-state index contributed by atoms with van der Waals surface area (Å²) in [5.74, 6) is 1.11. The fourth-order valence-corrected chi connectivity index (χ4v) is 1.83. The molecule has 1 N–H and O–H groups in total. The lowest BCUT2D eigenvalue weighted by molar-refractivity contribution is -0.116. The van der Waals surface area contributed by atoms with Gasteiger partial charge in [0.1, 0.15) is 11.5 Å². The van der Waals surface area contributed by atoms with Crippen molar-refractivity contribution in [2.24, 2.45) is 0 Å². The first-order valence-corrected chi connectivity index (χ1v) is 5.89. The van der Waals surface area contributed by atoms with Crippen LogP contribution in [-0.4, -0.2) is 26.0 Å². The second kappa shape index (κ2) is 6.40. The van der Waals surface area contributed by atoms with Crippen LogP contribution < -0.4 is 10.1 Å². The summed E-state index contributed by atoms with van der Waals surface area (Å²) in [4.78, 5) is 10.8. The third-order valence-electron chi connectivity index (χ3n) is 3.01. The Balaban J connectivity index is 2.60. The molecule has 0 heterocycles. The van der Waals surface area contributed by atoms with E-state index < -0.39 is 0 Å². The molecule has 0 atom stereocenters. The quantitative estimate of drug-likeness (QED) is 0.767. The highest BCUT2D eigenvalue weighted by molar-refractivity contribution is 5.77. The molecular weight excluding hydrogens is 214 g/mol. The lowest BCUT2D eigenvalue weighted by Crippen LogP contribution is -2.23. The third kappa shape index (κ3) is 3.86. The third-order valence-corrected chi connectivity index (χ3v) is 3.01. The zero-order valence-electron chi connectivity index (χ0n) is 11.1. The van der Waals surface area contributed by atoms with Gasteiger partial charge in [0, 0.05) is 0 Å². The van der Waals surface area contributed by atoms with Gasteiger partial charge in [-0.25, -0.2) is 0 Å². The molecule has 0 bridgehead atoms. The molecule has 1 aromatic carbocycles. The normalized spacial score (nSPS) is 10.4. The SMILES string of the molecule is COc1ccc(CCNCC(C)=O)c(C)c1C. The molecule has 0 spiro atoms. The molecule has 3 heteroatoms. The standard InChI is InChI=1S/C14H21NO2/c1-10(16)9-15-8-7-13-5-6-14(17-4)12(3)11(13)2/h5-6,15H,7-9H2,1-4H3. The molecular formula is C14H21NO2. The zero-order valence-corrected chi connectivity index (χ0v) is 11.1. The predicted molar refractivity (Wildman–Crippen MR) is 69.7 cm³/mol. The minimum Gasteiger partial charge on any atom is -0.496 e. The molecule has 0 amide bonds. The summed E-state index contributed by atoms with van der Waals surface area (Å²) >= 11 is 0. The van der Waals surface area contributed by atoms with E-state index in [1.165, 1.54) is 16.7 Å². The Kier molecular flexibility index (Phi) is 5.16. The summed E-state index contributed by atoms with van der Waals surface area (Å²) in [6.45, 7) is 7.05. The highest BCUT2D eigenvalue weighted by Gasteiger charge is 2.06. The van der Waals surface area contributed by atoms with Gasteiger partial charge in [-0.1, -0.05) is 6.07 Å². The van der Waals surface area contributed by atoms with Gasteiger partial charge in [-0.3, -0.25) is 4.79 Å². The van der Waals surface area contributed by atoms with Crippen LogP contribution in [0.15, 0.2) is 12.1 Å². The zero-order chi connectivity index (χ0) is 12.8. The molecule has 0 aromatic heterocycles. The summed E-state index contributed by atoms with van der Waals surface area (Å²) in [6.07, 6.45) is 0.934. The van der Waals surface area contributed by atoms with Gasteiger partial charge in [0.2, 0.25) is 0 Å². The van der Waals surface area contributed by atoms with Crippen molar-refractivity contribution in [1.29, 1.82) is 0 Å². The maximum Gasteiger partial charge on any atom is 0.143 e. The average Bonchev–Trinajstić information content (AvgIpc) is 2.29. The van der Waals surface area contributed by atoms with Gasteiger partial charge in [-0.05, 0) is 56.5 Å². The van der Waals surface area contributed by atoms with Gasteiger partial charge in [-0.2, -0.15) is 0 Å². The van der Waals surface area contributed by atoms with Crippen LogP contribution >= 0.6 is 0 Å². The van der Waals surface area contributed by atoms with E-state index >= 15 is 0 Å². The number of carbonyl (C=O) groups is 1. The highest BCUT2D eigenvalue weighted by atomic mass is 16.5. The predicted octanol–water partition coefficient (Wildman–Crippen LogP) is 2.03. The molecule has 94 valence electrons. The topological polar surface area (TPSA) is 38.3 Å². The number of carbonyl (C=O) groups excluding carboxylic acids is 1. The molecule has 0 fully saturated rings. The summed E-state index contributed by atoms with van der Waals surface area (Å²) in [5.41, 5.74) is 3.77. The Bertz CT molecular complexity index is 399. The van der Waals surface area contributed by atoms with E-state index in [0.29, 0.717) is 6.54 Å². The van der Waals surface area contributed by atoms with E-state index in [1.54, 1.807) is 14.0 Å². The Morgan fingerprint density at radius 1 is 1.29 bits per heavy atom. The molecule has 0 saturated carbocycles. The summed E-state index contributed by atoms with van der Waals surface area (Å²) in [5, 5.41) is 3.13. The van der Waals surface area contributed by atoms with Crippen molar-refractivity contribution < 1.29 is 9.53 Å². The molecule has 0 aliphatic carbocycles. The molecule has 0 saturated heterocycles. The van der Waals surface area contributed by atoms with Crippen molar-refractivity contribution in [2.45, 2.75) is 27.2 Å². The highest BCUT2D eigenvalue weighted by Crippen LogP contribution is 2.23. The van der Waals surface area contributed by atoms with Crippen molar-refractivity contribution in [1.82, 2.24) is 5.32 Å². The van der Waals surface area contributed by atoms with Gasteiger partial charge in [-0.15, -0.1) is 0 Å². The molecule has 0 radical (unpaired) electrons. The maximum atomic E-state index is 10.8. The molecule has 3 nitrogen and oxygen atoms in total. The van der Waals surface area contributed by atoms with Crippen LogP contribution in [0.3, 0.4) is 0 Å². The van der Waals surface area contributed by atoms with Gasteiger partial charge >= 0.3 is 0 Å². The number of nitrogens with one attached hydrogen (secondary N) is 1. The first kappa shape index (κ1) is 13.7. The monoisotopic (exact) mass is 235 g/mol. The lowest BCUT2D eigenvalue weighted by atomic mass is 10.00. The van der Waals surface area contributed by atoms with Crippen LogP contribution in [-0.2, 0) is 11.2 Å². The molecule has 0 unspecified atom stereocenters. The fourth-order valence-electron chi connectivity index (χ4n) is 1.83. The number of benzene rings is 1. The molecule has 0 aliphatic heterocycles. The van der Waals surface area contributed by atoms with Crippen molar-refractivity contribution in [3.05, 3.63) is 28.8 Å². The van der Waals surface area contributed by atoms with E-state index in [2.05, 4.69) is 25.2 Å². The van der Waals surface area contributed by atoms with Crippen molar-refractivity contribution in [3.8, 4) is 5.75 Å².